The third-order valence-corrected chi connectivity index (χ3v) is 6.27. The Hall–Kier alpha value is -1.97. The Morgan fingerprint density at radius 2 is 1.51 bits per heavy atom. The maximum Gasteiger partial charge on any atom is 0.244 e. The number of sulfonamides is 1. The van der Waals surface area contributed by atoms with Crippen LogP contribution in [0, 0.1) is 20.8 Å². The average molecular weight is 511 g/mol. The molecular formula is C27H46N2O5S. The molecule has 2 N–H and O–H groups in total. The van der Waals surface area contributed by atoms with Crippen LogP contribution in [-0.2, 0) is 14.8 Å². The van der Waals surface area contributed by atoms with Gasteiger partial charge in [-0.2, -0.15) is 0 Å². The highest BCUT2D eigenvalue weighted by atomic mass is 32.2. The SMILES string of the molecule is CC.CCN(CO)CCNS(=O)(=O)c1cc(C)ccc1Oc1cc(C)cc(C)c1.COC(C)(C)C. The number of aliphatic hydroxyl groups excluding tert-OH is 1. The number of hydrogen-bond acceptors (Lipinski definition) is 6. The van der Waals surface area contributed by atoms with Crippen LogP contribution < -0.4 is 9.46 Å². The lowest BCUT2D eigenvalue weighted by Crippen LogP contribution is -2.35. The summed E-state index contributed by atoms with van der Waals surface area (Å²) in [6.45, 7) is 18.9. The molecule has 2 rings (SSSR count). The number of nitrogens with one attached hydrogen (secondary N) is 1. The van der Waals surface area contributed by atoms with E-state index in [1.165, 1.54) is 0 Å². The molecule has 0 saturated heterocycles. The number of likely N-dealkylation sites (N-methyl/N-ethyl adjacent to an activating group) is 1. The van der Waals surface area contributed by atoms with Crippen LogP contribution in [0.3, 0.4) is 0 Å². The van der Waals surface area contributed by atoms with Gasteiger partial charge in [0.05, 0.1) is 12.3 Å². The molecule has 0 aliphatic carbocycles. The molecule has 0 aliphatic rings. The Bertz CT molecular complexity index is 961. The van der Waals surface area contributed by atoms with Gasteiger partial charge < -0.3 is 14.6 Å². The van der Waals surface area contributed by atoms with Gasteiger partial charge in [-0.25, -0.2) is 13.1 Å². The van der Waals surface area contributed by atoms with Gasteiger partial charge in [-0.3, -0.25) is 4.90 Å². The predicted molar refractivity (Wildman–Crippen MR) is 145 cm³/mol. The molecule has 35 heavy (non-hydrogen) atoms. The lowest BCUT2D eigenvalue weighted by molar-refractivity contribution is 0.0397. The molecule has 200 valence electrons. The van der Waals surface area contributed by atoms with Crippen molar-refractivity contribution in [3.05, 3.63) is 53.1 Å². The van der Waals surface area contributed by atoms with E-state index in [0.29, 0.717) is 18.8 Å². The highest BCUT2D eigenvalue weighted by Gasteiger charge is 2.20. The summed E-state index contributed by atoms with van der Waals surface area (Å²) in [5, 5.41) is 9.19. The van der Waals surface area contributed by atoms with Crippen molar-refractivity contribution in [2.75, 3.05) is 33.5 Å². The van der Waals surface area contributed by atoms with Crippen LogP contribution in [0.5, 0.6) is 11.5 Å². The number of aryl methyl sites for hydroxylation is 3. The molecule has 0 atom stereocenters. The number of ether oxygens (including phenoxy) is 2. The Morgan fingerprint density at radius 3 is 1.97 bits per heavy atom. The van der Waals surface area contributed by atoms with Crippen LogP contribution in [0.4, 0.5) is 0 Å². The number of benzene rings is 2. The van der Waals surface area contributed by atoms with Gasteiger partial charge in [-0.05, 0) is 89.0 Å². The normalized spacial score (nSPS) is 11.3. The monoisotopic (exact) mass is 510 g/mol. The van der Waals surface area contributed by atoms with E-state index in [4.69, 9.17) is 9.47 Å². The minimum atomic E-state index is -3.75. The van der Waals surface area contributed by atoms with Crippen molar-refractivity contribution in [1.82, 2.24) is 9.62 Å². The average Bonchev–Trinajstić information content (AvgIpc) is 2.78. The van der Waals surface area contributed by atoms with Crippen molar-refractivity contribution >= 4 is 10.0 Å². The predicted octanol–water partition coefficient (Wildman–Crippen LogP) is 5.41. The van der Waals surface area contributed by atoms with E-state index in [0.717, 1.165) is 16.7 Å². The first-order valence-corrected chi connectivity index (χ1v) is 13.5. The molecule has 0 amide bonds. The molecular weight excluding hydrogens is 464 g/mol. The molecule has 0 spiro atoms. The second-order valence-electron chi connectivity index (χ2n) is 8.94. The zero-order valence-electron chi connectivity index (χ0n) is 23.2. The Balaban J connectivity index is 0.00000126. The molecule has 0 aromatic heterocycles. The highest BCUT2D eigenvalue weighted by molar-refractivity contribution is 7.89. The molecule has 8 heteroatoms. The van der Waals surface area contributed by atoms with Crippen LogP contribution in [0.1, 0.15) is 58.2 Å². The van der Waals surface area contributed by atoms with Crippen molar-refractivity contribution in [1.29, 1.82) is 0 Å². The number of aliphatic hydroxyl groups is 1. The Morgan fingerprint density at radius 1 is 0.971 bits per heavy atom. The largest absolute Gasteiger partial charge is 0.456 e. The lowest BCUT2D eigenvalue weighted by atomic mass is 10.1. The molecule has 2 aromatic rings. The number of nitrogens with zero attached hydrogens (tertiary/aromatic N) is 1. The molecule has 0 aliphatic heterocycles. The highest BCUT2D eigenvalue weighted by Crippen LogP contribution is 2.30. The van der Waals surface area contributed by atoms with E-state index in [-0.39, 0.29) is 29.5 Å². The first-order chi connectivity index (χ1) is 16.3. The molecule has 0 bridgehead atoms. The summed E-state index contributed by atoms with van der Waals surface area (Å²) in [6, 6.07) is 10.9. The van der Waals surface area contributed by atoms with Gasteiger partial charge in [-0.1, -0.05) is 32.9 Å². The van der Waals surface area contributed by atoms with Crippen LogP contribution in [0.2, 0.25) is 0 Å². The van der Waals surface area contributed by atoms with E-state index >= 15 is 0 Å². The van der Waals surface area contributed by atoms with Crippen molar-refractivity contribution < 1.29 is 23.0 Å². The minimum absolute atomic E-state index is 0.0417. The van der Waals surface area contributed by atoms with Crippen molar-refractivity contribution in [3.8, 4) is 11.5 Å². The Kier molecular flexibility index (Phi) is 15.0. The summed E-state index contributed by atoms with van der Waals surface area (Å²) in [5.41, 5.74) is 2.96. The van der Waals surface area contributed by atoms with E-state index in [2.05, 4.69) is 4.72 Å². The van der Waals surface area contributed by atoms with Gasteiger partial charge in [0.15, 0.2) is 0 Å². The van der Waals surface area contributed by atoms with Crippen LogP contribution in [0.25, 0.3) is 0 Å². The smallest absolute Gasteiger partial charge is 0.244 e. The van der Waals surface area contributed by atoms with Gasteiger partial charge in [0, 0.05) is 20.2 Å². The maximum atomic E-state index is 12.8. The van der Waals surface area contributed by atoms with E-state index in [1.807, 2.05) is 86.6 Å². The summed E-state index contributed by atoms with van der Waals surface area (Å²) < 4.78 is 39.1. The minimum Gasteiger partial charge on any atom is -0.456 e. The molecule has 0 radical (unpaired) electrons. The summed E-state index contributed by atoms with van der Waals surface area (Å²) in [4.78, 5) is 1.83. The standard InChI is InChI=1S/C20H28N2O4S.C5H12O.C2H6/c1-5-22(14-23)9-8-21-27(24,25)20-13-15(2)6-7-19(20)26-18-11-16(3)10-17(4)12-18;1-5(2,3)6-4;1-2/h6-7,10-13,21,23H,5,8-9,14H2,1-4H3;1-4H3;1-2H3. The lowest BCUT2D eigenvalue weighted by Gasteiger charge is -2.18. The first kappa shape index (κ1) is 33.0. The second-order valence-corrected chi connectivity index (χ2v) is 10.7. The van der Waals surface area contributed by atoms with E-state index in [9.17, 15) is 13.5 Å². The summed E-state index contributed by atoms with van der Waals surface area (Å²) in [7, 11) is -2.04. The van der Waals surface area contributed by atoms with Crippen molar-refractivity contribution in [2.24, 2.45) is 0 Å². The van der Waals surface area contributed by atoms with Gasteiger partial charge >= 0.3 is 0 Å². The topological polar surface area (TPSA) is 88.1 Å². The number of methoxy groups -OCH3 is 1. The van der Waals surface area contributed by atoms with Gasteiger partial charge in [0.2, 0.25) is 10.0 Å². The molecule has 2 aromatic carbocycles. The first-order valence-electron chi connectivity index (χ1n) is 12.1. The molecule has 0 unspecified atom stereocenters. The molecule has 0 saturated carbocycles. The fraction of sp³-hybridized carbons (Fsp3) is 0.556. The second kappa shape index (κ2) is 15.9. The van der Waals surface area contributed by atoms with E-state index < -0.39 is 10.0 Å². The van der Waals surface area contributed by atoms with Crippen molar-refractivity contribution in [3.63, 3.8) is 0 Å². The zero-order valence-corrected chi connectivity index (χ0v) is 24.0. The van der Waals surface area contributed by atoms with Crippen LogP contribution in [-0.4, -0.2) is 57.5 Å². The third-order valence-electron chi connectivity index (χ3n) is 4.79. The third kappa shape index (κ3) is 13.1. The fourth-order valence-electron chi connectivity index (χ4n) is 2.77. The van der Waals surface area contributed by atoms with Crippen LogP contribution in [0.15, 0.2) is 41.3 Å². The Labute approximate surface area is 213 Å². The summed E-state index contributed by atoms with van der Waals surface area (Å²) >= 11 is 0. The van der Waals surface area contributed by atoms with Gasteiger partial charge in [-0.15, -0.1) is 0 Å². The molecule has 0 fully saturated rings. The quantitative estimate of drug-likeness (QED) is 0.439. The zero-order chi connectivity index (χ0) is 27.2. The van der Waals surface area contributed by atoms with Gasteiger partial charge in [0.1, 0.15) is 16.4 Å². The fourth-order valence-corrected chi connectivity index (χ4v) is 4.00. The summed E-state index contributed by atoms with van der Waals surface area (Å²) in [5.74, 6) is 0.887. The molecule has 7 nitrogen and oxygen atoms in total. The van der Waals surface area contributed by atoms with Crippen LogP contribution >= 0.6 is 0 Å². The van der Waals surface area contributed by atoms with E-state index in [1.54, 1.807) is 24.1 Å². The molecule has 0 heterocycles. The number of rotatable bonds is 9. The summed E-state index contributed by atoms with van der Waals surface area (Å²) in [6.07, 6.45) is 0. The number of hydrogen-bond donors (Lipinski definition) is 2. The van der Waals surface area contributed by atoms with Gasteiger partial charge in [0.25, 0.3) is 0 Å². The maximum absolute atomic E-state index is 12.8. The van der Waals surface area contributed by atoms with Crippen molar-refractivity contribution in [2.45, 2.75) is 72.8 Å².